The Bertz CT molecular complexity index is 500. The number of hydrogen-bond acceptors (Lipinski definition) is 4. The van der Waals surface area contributed by atoms with Crippen molar-refractivity contribution < 1.29 is 23.5 Å². The molecule has 0 fully saturated rings. The third kappa shape index (κ3) is 5.08. The van der Waals surface area contributed by atoms with Crippen molar-refractivity contribution in [3.8, 4) is 5.75 Å². The molecule has 5 nitrogen and oxygen atoms in total. The van der Waals surface area contributed by atoms with Crippen LogP contribution < -0.4 is 4.74 Å². The summed E-state index contributed by atoms with van der Waals surface area (Å²) in [6.07, 6.45) is 0.874. The van der Waals surface area contributed by atoms with Gasteiger partial charge in [-0.25, -0.2) is 0 Å². The molecule has 0 saturated heterocycles. The van der Waals surface area contributed by atoms with Gasteiger partial charge in [0.15, 0.2) is 0 Å². The van der Waals surface area contributed by atoms with Crippen LogP contribution in [-0.2, 0) is 15.3 Å². The van der Waals surface area contributed by atoms with Gasteiger partial charge < -0.3 is 14.2 Å². The topological polar surface area (TPSA) is 72.8 Å². The van der Waals surface area contributed by atoms with Crippen molar-refractivity contribution in [2.24, 2.45) is 0 Å². The van der Waals surface area contributed by atoms with E-state index in [0.717, 1.165) is 0 Å². The molecule has 1 rings (SSSR count). The fourth-order valence-corrected chi connectivity index (χ4v) is 3.16. The zero-order valence-electron chi connectivity index (χ0n) is 12.0. The highest BCUT2D eigenvalue weighted by Crippen LogP contribution is 2.48. The number of ether oxygens (including phenoxy) is 1. The van der Waals surface area contributed by atoms with Crippen molar-refractivity contribution >= 4 is 13.9 Å². The van der Waals surface area contributed by atoms with E-state index in [9.17, 15) is 14.3 Å². The van der Waals surface area contributed by atoms with Gasteiger partial charge in [-0.1, -0.05) is 6.92 Å². The summed E-state index contributed by atoms with van der Waals surface area (Å²) in [6.45, 7) is 5.89. The van der Waals surface area contributed by atoms with Crippen LogP contribution in [0.1, 0.15) is 43.1 Å². The fourth-order valence-electron chi connectivity index (χ4n) is 1.70. The highest BCUT2D eigenvalue weighted by Gasteiger charge is 2.24. The molecule has 0 aromatic heterocycles. The van der Waals surface area contributed by atoms with Crippen LogP contribution in [0, 0.1) is 0 Å². The Labute approximate surface area is 119 Å². The van der Waals surface area contributed by atoms with Crippen LogP contribution >= 0.6 is 7.60 Å². The Morgan fingerprint density at radius 3 is 2.65 bits per heavy atom. The molecular formula is C14H21O5P. The Balaban J connectivity index is 2.98. The third-order valence-corrected chi connectivity index (χ3v) is 4.24. The van der Waals surface area contributed by atoms with Crippen LogP contribution in [0.4, 0.5) is 0 Å². The first kappa shape index (κ1) is 16.9. The standard InChI is InChI=1S/C14H21O5P/c1-4-11(3)19-20(16,17)10-13-8-12(9-15)6-7-14(13)18-5-2/h6-9,11H,4-5,10H2,1-3H3,(H,16,17). The zero-order valence-corrected chi connectivity index (χ0v) is 12.9. The van der Waals surface area contributed by atoms with Gasteiger partial charge in [-0.05, 0) is 38.5 Å². The second kappa shape index (κ2) is 7.58. The lowest BCUT2D eigenvalue weighted by molar-refractivity contribution is 0.112. The number of carbonyl (C=O) groups is 1. The molecule has 20 heavy (non-hydrogen) atoms. The van der Waals surface area contributed by atoms with Crippen molar-refractivity contribution in [2.75, 3.05) is 6.61 Å². The van der Waals surface area contributed by atoms with Crippen molar-refractivity contribution in [3.63, 3.8) is 0 Å². The van der Waals surface area contributed by atoms with E-state index < -0.39 is 7.60 Å². The first-order chi connectivity index (χ1) is 9.41. The van der Waals surface area contributed by atoms with E-state index in [1.165, 1.54) is 0 Å². The lowest BCUT2D eigenvalue weighted by atomic mass is 10.1. The molecule has 2 atom stereocenters. The van der Waals surface area contributed by atoms with Crippen molar-refractivity contribution in [3.05, 3.63) is 29.3 Å². The van der Waals surface area contributed by atoms with Crippen LogP contribution in [0.5, 0.6) is 5.75 Å². The Morgan fingerprint density at radius 2 is 2.10 bits per heavy atom. The van der Waals surface area contributed by atoms with Crippen molar-refractivity contribution in [1.82, 2.24) is 0 Å². The van der Waals surface area contributed by atoms with E-state index in [1.54, 1.807) is 25.1 Å². The minimum absolute atomic E-state index is 0.172. The van der Waals surface area contributed by atoms with Crippen LogP contribution in [-0.4, -0.2) is 23.9 Å². The molecule has 0 spiro atoms. The molecule has 0 radical (unpaired) electrons. The molecule has 0 amide bonds. The number of hydrogen-bond donors (Lipinski definition) is 1. The fraction of sp³-hybridized carbons (Fsp3) is 0.500. The third-order valence-electron chi connectivity index (χ3n) is 2.81. The van der Waals surface area contributed by atoms with Gasteiger partial charge in [0.05, 0.1) is 18.9 Å². The summed E-state index contributed by atoms with van der Waals surface area (Å²) in [6, 6.07) is 4.80. The molecule has 0 aliphatic carbocycles. The minimum Gasteiger partial charge on any atom is -0.494 e. The van der Waals surface area contributed by atoms with Gasteiger partial charge in [0, 0.05) is 11.1 Å². The van der Waals surface area contributed by atoms with Crippen LogP contribution in [0.15, 0.2) is 18.2 Å². The number of benzene rings is 1. The van der Waals surface area contributed by atoms with Crippen molar-refractivity contribution in [2.45, 2.75) is 39.5 Å². The number of aldehydes is 1. The van der Waals surface area contributed by atoms with E-state index in [4.69, 9.17) is 9.26 Å². The molecule has 1 aromatic carbocycles. The monoisotopic (exact) mass is 300 g/mol. The quantitative estimate of drug-likeness (QED) is 0.588. The maximum atomic E-state index is 12.1. The van der Waals surface area contributed by atoms with Crippen LogP contribution in [0.25, 0.3) is 0 Å². The predicted octanol–water partition coefficient (Wildman–Crippen LogP) is 3.40. The van der Waals surface area contributed by atoms with Crippen LogP contribution in [0.2, 0.25) is 0 Å². The summed E-state index contributed by atoms with van der Waals surface area (Å²) in [5.41, 5.74) is 0.942. The molecule has 2 unspecified atom stereocenters. The molecule has 1 aromatic rings. The van der Waals surface area contributed by atoms with E-state index in [0.29, 0.717) is 36.2 Å². The van der Waals surface area contributed by atoms with Crippen molar-refractivity contribution in [1.29, 1.82) is 0 Å². The molecule has 0 bridgehead atoms. The Hall–Kier alpha value is -1.16. The van der Waals surface area contributed by atoms with Gasteiger partial charge >= 0.3 is 7.60 Å². The molecule has 0 heterocycles. The Kier molecular flexibility index (Phi) is 6.40. The van der Waals surface area contributed by atoms with Gasteiger partial charge in [0.2, 0.25) is 0 Å². The molecule has 0 aliphatic heterocycles. The summed E-state index contributed by atoms with van der Waals surface area (Å²) in [4.78, 5) is 20.7. The molecule has 1 N–H and O–H groups in total. The smallest absolute Gasteiger partial charge is 0.332 e. The SMILES string of the molecule is CCOc1ccc(C=O)cc1CP(=O)(O)OC(C)CC. The average molecular weight is 300 g/mol. The maximum Gasteiger partial charge on any atom is 0.332 e. The number of carbonyl (C=O) groups excluding carboxylic acids is 1. The molecule has 112 valence electrons. The van der Waals surface area contributed by atoms with E-state index >= 15 is 0 Å². The van der Waals surface area contributed by atoms with Gasteiger partial charge in [-0.2, -0.15) is 0 Å². The van der Waals surface area contributed by atoms with E-state index in [-0.39, 0.29) is 12.3 Å². The zero-order chi connectivity index (χ0) is 15.2. The maximum absolute atomic E-state index is 12.1. The lowest BCUT2D eigenvalue weighted by Gasteiger charge is -2.18. The summed E-state index contributed by atoms with van der Waals surface area (Å²) in [5.74, 6) is 0.500. The largest absolute Gasteiger partial charge is 0.494 e. The minimum atomic E-state index is -3.76. The Morgan fingerprint density at radius 1 is 1.40 bits per heavy atom. The second-order valence-electron chi connectivity index (χ2n) is 4.54. The van der Waals surface area contributed by atoms with Gasteiger partial charge in [-0.15, -0.1) is 0 Å². The second-order valence-corrected chi connectivity index (χ2v) is 6.34. The molecule has 0 saturated carbocycles. The summed E-state index contributed by atoms with van der Waals surface area (Å²) in [7, 11) is -3.76. The van der Waals surface area contributed by atoms with Crippen LogP contribution in [0.3, 0.4) is 0 Å². The average Bonchev–Trinajstić information content (AvgIpc) is 2.39. The summed E-state index contributed by atoms with van der Waals surface area (Å²) >= 11 is 0. The summed E-state index contributed by atoms with van der Waals surface area (Å²) < 4.78 is 22.7. The predicted molar refractivity (Wildman–Crippen MR) is 77.4 cm³/mol. The molecule has 0 aliphatic rings. The highest BCUT2D eigenvalue weighted by atomic mass is 31.2. The van der Waals surface area contributed by atoms with Gasteiger partial charge in [0.25, 0.3) is 0 Å². The van der Waals surface area contributed by atoms with E-state index in [2.05, 4.69) is 0 Å². The summed E-state index contributed by atoms with van der Waals surface area (Å²) in [5, 5.41) is 0. The molecular weight excluding hydrogens is 279 g/mol. The normalized spacial score (nSPS) is 15.4. The van der Waals surface area contributed by atoms with E-state index in [1.807, 2.05) is 13.8 Å². The highest BCUT2D eigenvalue weighted by molar-refractivity contribution is 7.52. The molecule has 6 heteroatoms. The van der Waals surface area contributed by atoms with Gasteiger partial charge in [-0.3, -0.25) is 9.36 Å². The lowest BCUT2D eigenvalue weighted by Crippen LogP contribution is -2.06. The van der Waals surface area contributed by atoms with Gasteiger partial charge in [0.1, 0.15) is 12.0 Å². The number of rotatable bonds is 8. The first-order valence-corrected chi connectivity index (χ1v) is 8.39. The first-order valence-electron chi connectivity index (χ1n) is 6.63.